The van der Waals surface area contributed by atoms with Crippen LogP contribution < -0.4 is 20.4 Å². The van der Waals surface area contributed by atoms with Crippen LogP contribution in [0.4, 0.5) is 5.69 Å². The molecule has 2 aliphatic heterocycles. The van der Waals surface area contributed by atoms with Crippen LogP contribution in [0.1, 0.15) is 24.4 Å². The molecule has 2 heterocycles. The molecule has 8 nitrogen and oxygen atoms in total. The summed E-state index contributed by atoms with van der Waals surface area (Å²) in [6.07, 6.45) is 1.95. The smallest absolute Gasteiger partial charge is 0.309 e. The minimum absolute atomic E-state index is 0.0208. The summed E-state index contributed by atoms with van der Waals surface area (Å²) in [4.78, 5) is 27.9. The first-order valence-electron chi connectivity index (χ1n) is 10.4. The van der Waals surface area contributed by atoms with E-state index >= 15 is 0 Å². The monoisotopic (exact) mass is 405 g/mol. The first-order valence-corrected chi connectivity index (χ1v) is 10.4. The summed E-state index contributed by atoms with van der Waals surface area (Å²) in [5, 5.41) is 5.51. The molecule has 2 atom stereocenters. The first-order chi connectivity index (χ1) is 14.0. The number of nitrogens with one attached hydrogen (secondary N) is 3. The number of quaternary nitrogens is 1. The van der Waals surface area contributed by atoms with Crippen molar-refractivity contribution in [1.82, 2.24) is 10.6 Å². The van der Waals surface area contributed by atoms with E-state index in [1.54, 1.807) is 0 Å². The Hall–Kier alpha value is -2.16. The molecule has 0 unspecified atom stereocenters. The molecule has 2 fully saturated rings. The molecule has 0 spiro atoms. The SMILES string of the molecule is CN(C)c1ccc([C@H](CNC(=O)C(=O)NC[C@H]2CCCO2)[NH+]2CCOCC2)cc1. The van der Waals surface area contributed by atoms with Crippen LogP contribution in [0.3, 0.4) is 0 Å². The zero-order valence-corrected chi connectivity index (χ0v) is 17.4. The Morgan fingerprint density at radius 1 is 1.10 bits per heavy atom. The van der Waals surface area contributed by atoms with Crippen molar-refractivity contribution in [3.63, 3.8) is 0 Å². The number of rotatable bonds is 7. The maximum Gasteiger partial charge on any atom is 0.309 e. The van der Waals surface area contributed by atoms with Crippen molar-refractivity contribution in [2.24, 2.45) is 0 Å². The molecule has 0 aliphatic carbocycles. The number of amides is 2. The third kappa shape index (κ3) is 6.16. The van der Waals surface area contributed by atoms with Gasteiger partial charge in [-0.3, -0.25) is 9.59 Å². The van der Waals surface area contributed by atoms with Crippen molar-refractivity contribution >= 4 is 17.5 Å². The molecule has 0 aromatic heterocycles. The molecule has 1 aromatic carbocycles. The predicted molar refractivity (Wildman–Crippen MR) is 110 cm³/mol. The Balaban J connectivity index is 1.58. The van der Waals surface area contributed by atoms with E-state index in [4.69, 9.17) is 9.47 Å². The Kier molecular flexibility index (Phi) is 7.85. The average Bonchev–Trinajstić information content (AvgIpc) is 3.27. The van der Waals surface area contributed by atoms with Gasteiger partial charge in [-0.2, -0.15) is 0 Å². The number of carbonyl (C=O) groups excluding carboxylic acids is 2. The lowest BCUT2D eigenvalue weighted by Crippen LogP contribution is -3.15. The Morgan fingerprint density at radius 2 is 1.79 bits per heavy atom. The fourth-order valence-corrected chi connectivity index (χ4v) is 3.85. The van der Waals surface area contributed by atoms with E-state index in [0.29, 0.717) is 26.3 Å². The zero-order valence-electron chi connectivity index (χ0n) is 17.4. The van der Waals surface area contributed by atoms with Gasteiger partial charge in [-0.25, -0.2) is 0 Å². The van der Waals surface area contributed by atoms with Gasteiger partial charge in [0.15, 0.2) is 0 Å². The van der Waals surface area contributed by atoms with Gasteiger partial charge in [-0.15, -0.1) is 0 Å². The van der Waals surface area contributed by atoms with Crippen LogP contribution in [0, 0.1) is 0 Å². The Morgan fingerprint density at radius 3 is 2.41 bits per heavy atom. The van der Waals surface area contributed by atoms with Crippen molar-refractivity contribution in [3.05, 3.63) is 29.8 Å². The van der Waals surface area contributed by atoms with Crippen molar-refractivity contribution in [1.29, 1.82) is 0 Å². The van der Waals surface area contributed by atoms with E-state index in [2.05, 4.69) is 39.8 Å². The van der Waals surface area contributed by atoms with Crippen LogP contribution in [-0.2, 0) is 19.1 Å². The molecule has 1 aromatic rings. The van der Waals surface area contributed by atoms with Crippen LogP contribution in [0.2, 0.25) is 0 Å². The summed E-state index contributed by atoms with van der Waals surface area (Å²) in [6.45, 7) is 4.68. The second-order valence-electron chi connectivity index (χ2n) is 7.86. The summed E-state index contributed by atoms with van der Waals surface area (Å²) >= 11 is 0. The highest BCUT2D eigenvalue weighted by Crippen LogP contribution is 2.16. The van der Waals surface area contributed by atoms with Gasteiger partial charge in [0.25, 0.3) is 0 Å². The quantitative estimate of drug-likeness (QED) is 0.513. The van der Waals surface area contributed by atoms with Crippen molar-refractivity contribution in [2.45, 2.75) is 25.0 Å². The fraction of sp³-hybridized carbons (Fsp3) is 0.619. The highest BCUT2D eigenvalue weighted by atomic mass is 16.5. The second kappa shape index (κ2) is 10.6. The van der Waals surface area contributed by atoms with Gasteiger partial charge >= 0.3 is 11.8 Å². The van der Waals surface area contributed by atoms with Gasteiger partial charge in [0.05, 0.1) is 25.9 Å². The summed E-state index contributed by atoms with van der Waals surface area (Å²) in [6, 6.07) is 8.44. The zero-order chi connectivity index (χ0) is 20.6. The first kappa shape index (κ1) is 21.5. The van der Waals surface area contributed by atoms with E-state index in [1.807, 2.05) is 14.1 Å². The predicted octanol–water partition coefficient (Wildman–Crippen LogP) is -0.880. The van der Waals surface area contributed by atoms with Crippen LogP contribution >= 0.6 is 0 Å². The lowest BCUT2D eigenvalue weighted by atomic mass is 10.0. The summed E-state index contributed by atoms with van der Waals surface area (Å²) in [5.74, 6) is -1.19. The molecule has 2 saturated heterocycles. The maximum atomic E-state index is 12.3. The number of hydrogen-bond acceptors (Lipinski definition) is 5. The van der Waals surface area contributed by atoms with Crippen molar-refractivity contribution in [2.75, 3.05) is 65.0 Å². The molecule has 29 heavy (non-hydrogen) atoms. The third-order valence-corrected chi connectivity index (χ3v) is 5.63. The molecule has 160 valence electrons. The molecular weight excluding hydrogens is 372 g/mol. The number of ether oxygens (including phenoxy) is 2. The maximum absolute atomic E-state index is 12.3. The minimum Gasteiger partial charge on any atom is -0.378 e. The van der Waals surface area contributed by atoms with Gasteiger partial charge in [-0.05, 0) is 25.0 Å². The van der Waals surface area contributed by atoms with E-state index < -0.39 is 11.8 Å². The molecule has 2 amide bonds. The molecule has 3 N–H and O–H groups in total. The molecular formula is C21H33N4O4+. The topological polar surface area (TPSA) is 84.3 Å². The highest BCUT2D eigenvalue weighted by Gasteiger charge is 2.28. The second-order valence-corrected chi connectivity index (χ2v) is 7.86. The normalized spacial score (nSPS) is 20.8. The number of benzene rings is 1. The van der Waals surface area contributed by atoms with Gasteiger partial charge in [0.1, 0.15) is 19.1 Å². The van der Waals surface area contributed by atoms with E-state index in [0.717, 1.165) is 43.8 Å². The van der Waals surface area contributed by atoms with Crippen molar-refractivity contribution < 1.29 is 24.0 Å². The number of morpholine rings is 1. The number of hydrogen-bond donors (Lipinski definition) is 3. The summed E-state index contributed by atoms with van der Waals surface area (Å²) in [5.41, 5.74) is 2.27. The molecule has 0 bridgehead atoms. The number of carbonyl (C=O) groups is 2. The van der Waals surface area contributed by atoms with Crippen LogP contribution in [0.15, 0.2) is 24.3 Å². The van der Waals surface area contributed by atoms with Crippen LogP contribution in [-0.4, -0.2) is 78.0 Å². The molecule has 0 saturated carbocycles. The van der Waals surface area contributed by atoms with E-state index in [9.17, 15) is 9.59 Å². The van der Waals surface area contributed by atoms with E-state index in [1.165, 1.54) is 4.90 Å². The fourth-order valence-electron chi connectivity index (χ4n) is 3.85. The van der Waals surface area contributed by atoms with Gasteiger partial charge < -0.3 is 29.9 Å². The third-order valence-electron chi connectivity index (χ3n) is 5.63. The number of anilines is 1. The molecule has 0 radical (unpaired) electrons. The Labute approximate surface area is 172 Å². The average molecular weight is 406 g/mol. The van der Waals surface area contributed by atoms with Gasteiger partial charge in [0, 0.05) is 38.5 Å². The van der Waals surface area contributed by atoms with Gasteiger partial charge in [-0.1, -0.05) is 12.1 Å². The van der Waals surface area contributed by atoms with Gasteiger partial charge in [0.2, 0.25) is 0 Å². The lowest BCUT2D eigenvalue weighted by Gasteiger charge is -2.32. The van der Waals surface area contributed by atoms with Crippen LogP contribution in [0.25, 0.3) is 0 Å². The molecule has 8 heteroatoms. The standard InChI is InChI=1S/C21H32N4O4/c1-24(2)17-7-5-16(6-8-17)19(25-9-12-28-13-10-25)15-23-21(27)20(26)22-14-18-4-3-11-29-18/h5-8,18-19H,3-4,9-15H2,1-2H3,(H,22,26)(H,23,27)/p+1/t18-,19+/m1/s1. The largest absolute Gasteiger partial charge is 0.378 e. The lowest BCUT2D eigenvalue weighted by molar-refractivity contribution is -0.937. The van der Waals surface area contributed by atoms with Crippen LogP contribution in [0.5, 0.6) is 0 Å². The van der Waals surface area contributed by atoms with E-state index in [-0.39, 0.29) is 12.1 Å². The number of nitrogens with zero attached hydrogens (tertiary/aromatic N) is 1. The molecule has 2 aliphatic rings. The van der Waals surface area contributed by atoms with Crippen molar-refractivity contribution in [3.8, 4) is 0 Å². The summed E-state index contributed by atoms with van der Waals surface area (Å²) < 4.78 is 11.0. The molecule has 3 rings (SSSR count). The Bertz CT molecular complexity index is 668. The summed E-state index contributed by atoms with van der Waals surface area (Å²) in [7, 11) is 4.02. The minimum atomic E-state index is -0.598. The highest BCUT2D eigenvalue weighted by molar-refractivity contribution is 6.35.